The molecular formula is C16H27ClN2O. The van der Waals surface area contributed by atoms with Gasteiger partial charge in [-0.1, -0.05) is 38.1 Å². The van der Waals surface area contributed by atoms with Crippen LogP contribution in [0.25, 0.3) is 0 Å². The van der Waals surface area contributed by atoms with Gasteiger partial charge < -0.3 is 11.1 Å². The molecule has 0 aromatic heterocycles. The Kier molecular flexibility index (Phi) is 7.84. The summed E-state index contributed by atoms with van der Waals surface area (Å²) < 4.78 is 0. The zero-order valence-corrected chi connectivity index (χ0v) is 13.7. The summed E-state index contributed by atoms with van der Waals surface area (Å²) in [5.41, 5.74) is 8.00. The Morgan fingerprint density at radius 2 is 1.80 bits per heavy atom. The number of amides is 1. The lowest BCUT2D eigenvalue weighted by atomic mass is 10.0. The first kappa shape index (κ1) is 18.9. The van der Waals surface area contributed by atoms with E-state index in [0.29, 0.717) is 18.9 Å². The van der Waals surface area contributed by atoms with Crippen molar-refractivity contribution in [1.29, 1.82) is 0 Å². The molecule has 3 N–H and O–H groups in total. The maximum absolute atomic E-state index is 11.7. The molecule has 0 fully saturated rings. The number of hydrogen-bond donors (Lipinski definition) is 2. The molecular weight excluding hydrogens is 272 g/mol. The number of aryl methyl sites for hydroxylation is 1. The van der Waals surface area contributed by atoms with Crippen LogP contribution in [0.5, 0.6) is 0 Å². The molecule has 0 heterocycles. The second-order valence-corrected chi connectivity index (χ2v) is 6.16. The molecule has 0 aliphatic carbocycles. The third kappa shape index (κ3) is 7.51. The molecule has 0 saturated carbocycles. The van der Waals surface area contributed by atoms with E-state index in [-0.39, 0.29) is 23.9 Å². The summed E-state index contributed by atoms with van der Waals surface area (Å²) in [5.74, 6) is 0.607. The van der Waals surface area contributed by atoms with Gasteiger partial charge in [0.05, 0.1) is 0 Å². The second kappa shape index (κ2) is 8.28. The molecule has 0 spiro atoms. The lowest BCUT2D eigenvalue weighted by molar-refractivity contribution is -0.121. The fourth-order valence-electron chi connectivity index (χ4n) is 1.74. The molecule has 0 bridgehead atoms. The van der Waals surface area contributed by atoms with Crippen molar-refractivity contribution in [2.24, 2.45) is 5.73 Å². The van der Waals surface area contributed by atoms with Gasteiger partial charge in [-0.15, -0.1) is 12.4 Å². The maximum atomic E-state index is 11.7. The molecule has 1 amide bonds. The highest BCUT2D eigenvalue weighted by Crippen LogP contribution is 2.15. The van der Waals surface area contributed by atoms with Gasteiger partial charge in [0.1, 0.15) is 0 Å². The smallest absolute Gasteiger partial charge is 0.220 e. The van der Waals surface area contributed by atoms with E-state index in [1.165, 1.54) is 11.1 Å². The molecule has 0 unspecified atom stereocenters. The highest BCUT2D eigenvalue weighted by Gasteiger charge is 2.12. The van der Waals surface area contributed by atoms with Gasteiger partial charge >= 0.3 is 0 Å². The lowest BCUT2D eigenvalue weighted by Gasteiger charge is -2.18. The van der Waals surface area contributed by atoms with E-state index in [4.69, 9.17) is 5.73 Å². The molecule has 0 radical (unpaired) electrons. The minimum atomic E-state index is -0.353. The largest absolute Gasteiger partial charge is 0.354 e. The van der Waals surface area contributed by atoms with Gasteiger partial charge in [-0.3, -0.25) is 4.79 Å². The number of benzene rings is 1. The van der Waals surface area contributed by atoms with Crippen LogP contribution in [-0.4, -0.2) is 18.0 Å². The molecule has 3 nitrogen and oxygen atoms in total. The van der Waals surface area contributed by atoms with Crippen molar-refractivity contribution >= 4 is 18.3 Å². The van der Waals surface area contributed by atoms with Crippen LogP contribution in [0.2, 0.25) is 0 Å². The predicted molar refractivity (Wildman–Crippen MR) is 87.4 cm³/mol. The second-order valence-electron chi connectivity index (χ2n) is 6.16. The third-order valence-corrected chi connectivity index (χ3v) is 3.03. The van der Waals surface area contributed by atoms with E-state index in [9.17, 15) is 4.79 Å². The van der Waals surface area contributed by atoms with Gasteiger partial charge in [0.25, 0.3) is 0 Å². The summed E-state index contributed by atoms with van der Waals surface area (Å²) in [6.07, 6.45) is 1.28. The predicted octanol–water partition coefficient (Wildman–Crippen LogP) is 3.02. The van der Waals surface area contributed by atoms with Crippen molar-refractivity contribution in [1.82, 2.24) is 5.32 Å². The topological polar surface area (TPSA) is 55.1 Å². The number of halogens is 1. The average molecular weight is 299 g/mol. The van der Waals surface area contributed by atoms with E-state index in [2.05, 4.69) is 43.4 Å². The Hall–Kier alpha value is -1.06. The van der Waals surface area contributed by atoms with Crippen LogP contribution in [0, 0.1) is 0 Å². The number of carbonyl (C=O) groups is 1. The Morgan fingerprint density at radius 3 is 2.25 bits per heavy atom. The Bertz CT molecular complexity index is 407. The van der Waals surface area contributed by atoms with Gasteiger partial charge in [-0.25, -0.2) is 0 Å². The zero-order chi connectivity index (χ0) is 14.5. The fourth-order valence-corrected chi connectivity index (χ4v) is 1.74. The van der Waals surface area contributed by atoms with Gasteiger partial charge in [-0.05, 0) is 37.3 Å². The number of hydrogen-bond acceptors (Lipinski definition) is 2. The Labute approximate surface area is 128 Å². The summed E-state index contributed by atoms with van der Waals surface area (Å²) in [4.78, 5) is 11.7. The Morgan fingerprint density at radius 1 is 1.25 bits per heavy atom. The highest BCUT2D eigenvalue weighted by molar-refractivity contribution is 5.85. The van der Waals surface area contributed by atoms with Gasteiger partial charge in [-0.2, -0.15) is 0 Å². The number of nitrogens with two attached hydrogens (primary N) is 1. The first-order valence-electron chi connectivity index (χ1n) is 6.92. The van der Waals surface area contributed by atoms with Crippen molar-refractivity contribution in [3.05, 3.63) is 35.4 Å². The van der Waals surface area contributed by atoms with Crippen LogP contribution in [0.4, 0.5) is 0 Å². The summed E-state index contributed by atoms with van der Waals surface area (Å²) >= 11 is 0. The molecule has 0 aliphatic rings. The third-order valence-electron chi connectivity index (χ3n) is 3.03. The van der Waals surface area contributed by atoms with Crippen LogP contribution in [0.1, 0.15) is 51.2 Å². The standard InChI is InChI=1S/C16H26N2O.ClH/c1-12(2)14-8-5-13(6-9-14)7-10-15(19)18-11-16(3,4)17;/h5-6,8-9,12H,7,10-11,17H2,1-4H3,(H,18,19);1H. The number of nitrogens with one attached hydrogen (secondary N) is 1. The van der Waals surface area contributed by atoms with E-state index in [1.807, 2.05) is 13.8 Å². The van der Waals surface area contributed by atoms with Crippen molar-refractivity contribution in [3.8, 4) is 0 Å². The van der Waals surface area contributed by atoms with Gasteiger partial charge in [0, 0.05) is 18.5 Å². The maximum Gasteiger partial charge on any atom is 0.220 e. The number of carbonyl (C=O) groups excluding carboxylic acids is 1. The molecule has 0 aliphatic heterocycles. The zero-order valence-electron chi connectivity index (χ0n) is 12.9. The SMILES string of the molecule is CC(C)c1ccc(CCC(=O)NCC(C)(C)N)cc1.Cl. The molecule has 1 aromatic carbocycles. The average Bonchev–Trinajstić information content (AvgIpc) is 2.33. The minimum absolute atomic E-state index is 0. The van der Waals surface area contributed by atoms with Crippen molar-refractivity contribution in [3.63, 3.8) is 0 Å². The van der Waals surface area contributed by atoms with Gasteiger partial charge in [0.15, 0.2) is 0 Å². The summed E-state index contributed by atoms with van der Waals surface area (Å²) in [5, 5.41) is 2.86. The van der Waals surface area contributed by atoms with E-state index >= 15 is 0 Å². The summed E-state index contributed by atoms with van der Waals surface area (Å²) in [6.45, 7) is 8.67. The van der Waals surface area contributed by atoms with Crippen LogP contribution in [0.15, 0.2) is 24.3 Å². The quantitative estimate of drug-likeness (QED) is 0.848. The van der Waals surface area contributed by atoms with Crippen LogP contribution in [-0.2, 0) is 11.2 Å². The summed E-state index contributed by atoms with van der Waals surface area (Å²) in [7, 11) is 0. The van der Waals surface area contributed by atoms with E-state index in [1.54, 1.807) is 0 Å². The van der Waals surface area contributed by atoms with E-state index in [0.717, 1.165) is 6.42 Å². The van der Waals surface area contributed by atoms with Crippen LogP contribution >= 0.6 is 12.4 Å². The Balaban J connectivity index is 0.00000361. The molecule has 4 heteroatoms. The van der Waals surface area contributed by atoms with Gasteiger partial charge in [0.2, 0.25) is 5.91 Å². The van der Waals surface area contributed by atoms with Crippen molar-refractivity contribution in [2.75, 3.05) is 6.54 Å². The number of rotatable bonds is 6. The summed E-state index contributed by atoms with van der Waals surface area (Å²) in [6, 6.07) is 8.49. The lowest BCUT2D eigenvalue weighted by Crippen LogP contribution is -2.45. The fraction of sp³-hybridized carbons (Fsp3) is 0.562. The van der Waals surface area contributed by atoms with Crippen molar-refractivity contribution in [2.45, 2.75) is 52.0 Å². The molecule has 0 atom stereocenters. The minimum Gasteiger partial charge on any atom is -0.354 e. The molecule has 1 aromatic rings. The molecule has 0 saturated heterocycles. The molecule has 114 valence electrons. The first-order chi connectivity index (χ1) is 8.78. The van der Waals surface area contributed by atoms with Crippen molar-refractivity contribution < 1.29 is 4.79 Å². The van der Waals surface area contributed by atoms with Crippen LogP contribution < -0.4 is 11.1 Å². The molecule has 20 heavy (non-hydrogen) atoms. The normalized spacial score (nSPS) is 11.1. The van der Waals surface area contributed by atoms with Crippen LogP contribution in [0.3, 0.4) is 0 Å². The molecule has 1 rings (SSSR count). The van der Waals surface area contributed by atoms with E-state index < -0.39 is 0 Å². The monoisotopic (exact) mass is 298 g/mol. The highest BCUT2D eigenvalue weighted by atomic mass is 35.5. The first-order valence-corrected chi connectivity index (χ1v) is 6.92.